The first kappa shape index (κ1) is 12.1. The van der Waals surface area contributed by atoms with E-state index in [9.17, 15) is 4.79 Å². The fourth-order valence-corrected chi connectivity index (χ4v) is 1.74. The minimum absolute atomic E-state index is 0.0518. The van der Waals surface area contributed by atoms with Crippen molar-refractivity contribution in [3.8, 4) is 0 Å². The third kappa shape index (κ3) is 3.32. The van der Waals surface area contributed by atoms with Crippen LogP contribution >= 0.6 is 0 Å². The Morgan fingerprint density at radius 2 is 1.50 bits per heavy atom. The van der Waals surface area contributed by atoms with Gasteiger partial charge in [-0.2, -0.15) is 0 Å². The lowest BCUT2D eigenvalue weighted by Gasteiger charge is -2.02. The Hall–Kier alpha value is -2.35. The van der Waals surface area contributed by atoms with Gasteiger partial charge in [-0.1, -0.05) is 60.7 Å². The Bertz CT molecular complexity index is 544. The van der Waals surface area contributed by atoms with Crippen LogP contribution in [-0.4, -0.2) is 5.78 Å². The second-order valence-corrected chi connectivity index (χ2v) is 4.11. The Balaban J connectivity index is 2.07. The van der Waals surface area contributed by atoms with Crippen molar-refractivity contribution in [2.75, 3.05) is 0 Å². The zero-order chi connectivity index (χ0) is 12.8. The van der Waals surface area contributed by atoms with Crippen LogP contribution in [0.25, 0.3) is 0 Å². The number of benzene rings is 2. The number of ketones is 1. The third-order valence-electron chi connectivity index (χ3n) is 2.63. The zero-order valence-electron chi connectivity index (χ0n) is 10.0. The molecule has 2 heteroatoms. The SMILES string of the molecule is N/C(=C\C(=O)c1ccccc1)Cc1ccccc1. The topological polar surface area (TPSA) is 43.1 Å². The van der Waals surface area contributed by atoms with Gasteiger partial charge in [0.25, 0.3) is 0 Å². The molecule has 0 unspecified atom stereocenters. The number of carbonyl (C=O) groups is 1. The van der Waals surface area contributed by atoms with E-state index in [0.717, 1.165) is 5.56 Å². The molecule has 0 aromatic heterocycles. The van der Waals surface area contributed by atoms with Gasteiger partial charge in [-0.3, -0.25) is 4.79 Å². The molecule has 2 N–H and O–H groups in total. The van der Waals surface area contributed by atoms with Gasteiger partial charge in [0.15, 0.2) is 5.78 Å². The molecule has 0 bridgehead atoms. The average molecular weight is 237 g/mol. The molecule has 2 rings (SSSR count). The summed E-state index contributed by atoms with van der Waals surface area (Å²) in [6, 6.07) is 19.0. The second kappa shape index (κ2) is 5.82. The van der Waals surface area contributed by atoms with E-state index in [4.69, 9.17) is 5.73 Å². The molecule has 18 heavy (non-hydrogen) atoms. The van der Waals surface area contributed by atoms with E-state index in [1.165, 1.54) is 6.08 Å². The van der Waals surface area contributed by atoms with Crippen LogP contribution in [0.5, 0.6) is 0 Å². The van der Waals surface area contributed by atoms with E-state index in [1.807, 2.05) is 48.5 Å². The van der Waals surface area contributed by atoms with Crippen LogP contribution in [0.4, 0.5) is 0 Å². The maximum absolute atomic E-state index is 11.9. The van der Waals surface area contributed by atoms with Crippen LogP contribution in [0.3, 0.4) is 0 Å². The monoisotopic (exact) mass is 237 g/mol. The molecular formula is C16H15NO. The molecule has 0 aliphatic carbocycles. The van der Waals surface area contributed by atoms with Crippen molar-refractivity contribution in [2.45, 2.75) is 6.42 Å². The molecule has 0 saturated carbocycles. The first-order chi connectivity index (χ1) is 8.75. The highest BCUT2D eigenvalue weighted by molar-refractivity contribution is 6.04. The number of rotatable bonds is 4. The quantitative estimate of drug-likeness (QED) is 0.656. The largest absolute Gasteiger partial charge is 0.402 e. The zero-order valence-corrected chi connectivity index (χ0v) is 10.0. The average Bonchev–Trinajstić information content (AvgIpc) is 2.40. The molecule has 0 spiro atoms. The number of allylic oxidation sites excluding steroid dienone is 2. The maximum atomic E-state index is 11.9. The Labute approximate surface area is 107 Å². The van der Waals surface area contributed by atoms with Gasteiger partial charge >= 0.3 is 0 Å². The van der Waals surface area contributed by atoms with Crippen molar-refractivity contribution in [1.82, 2.24) is 0 Å². The fourth-order valence-electron chi connectivity index (χ4n) is 1.74. The normalized spacial score (nSPS) is 11.2. The molecule has 0 aliphatic rings. The molecule has 0 aliphatic heterocycles. The lowest BCUT2D eigenvalue weighted by Crippen LogP contribution is -2.05. The van der Waals surface area contributed by atoms with E-state index >= 15 is 0 Å². The molecular weight excluding hydrogens is 222 g/mol. The maximum Gasteiger partial charge on any atom is 0.187 e. The van der Waals surface area contributed by atoms with Crippen molar-refractivity contribution in [2.24, 2.45) is 5.73 Å². The number of carbonyl (C=O) groups excluding carboxylic acids is 1. The van der Waals surface area contributed by atoms with Gasteiger partial charge < -0.3 is 5.73 Å². The summed E-state index contributed by atoms with van der Waals surface area (Å²) in [7, 11) is 0. The lowest BCUT2D eigenvalue weighted by molar-refractivity contribution is 0.104. The van der Waals surface area contributed by atoms with E-state index in [0.29, 0.717) is 17.7 Å². The van der Waals surface area contributed by atoms with Crippen molar-refractivity contribution in [1.29, 1.82) is 0 Å². The van der Waals surface area contributed by atoms with Crippen LogP contribution in [0.1, 0.15) is 15.9 Å². The minimum Gasteiger partial charge on any atom is -0.402 e. The highest BCUT2D eigenvalue weighted by Gasteiger charge is 2.02. The van der Waals surface area contributed by atoms with Gasteiger partial charge in [0.2, 0.25) is 0 Å². The van der Waals surface area contributed by atoms with Gasteiger partial charge in [-0.05, 0) is 5.56 Å². The number of nitrogens with two attached hydrogens (primary N) is 1. The first-order valence-electron chi connectivity index (χ1n) is 5.85. The van der Waals surface area contributed by atoms with Gasteiger partial charge in [0.05, 0.1) is 0 Å². The Morgan fingerprint density at radius 1 is 0.944 bits per heavy atom. The summed E-state index contributed by atoms with van der Waals surface area (Å²) in [6.45, 7) is 0. The molecule has 2 nitrogen and oxygen atoms in total. The van der Waals surface area contributed by atoms with Crippen molar-refractivity contribution in [3.05, 3.63) is 83.6 Å². The standard InChI is InChI=1S/C16H15NO/c17-15(11-13-7-3-1-4-8-13)12-16(18)14-9-5-2-6-10-14/h1-10,12H,11,17H2/b15-12-. The van der Waals surface area contributed by atoms with Crippen LogP contribution in [-0.2, 0) is 6.42 Å². The first-order valence-corrected chi connectivity index (χ1v) is 5.85. The highest BCUT2D eigenvalue weighted by Crippen LogP contribution is 2.06. The molecule has 0 radical (unpaired) electrons. The predicted octanol–water partition coefficient (Wildman–Crippen LogP) is 2.95. The van der Waals surface area contributed by atoms with E-state index in [2.05, 4.69) is 0 Å². The summed E-state index contributed by atoms with van der Waals surface area (Å²) in [6.07, 6.45) is 2.10. The molecule has 0 amide bonds. The van der Waals surface area contributed by atoms with Gasteiger partial charge in [-0.15, -0.1) is 0 Å². The Morgan fingerprint density at radius 3 is 2.11 bits per heavy atom. The summed E-state index contributed by atoms with van der Waals surface area (Å²) in [5, 5.41) is 0. The fraction of sp³-hybridized carbons (Fsp3) is 0.0625. The van der Waals surface area contributed by atoms with Gasteiger partial charge in [0.1, 0.15) is 0 Å². The van der Waals surface area contributed by atoms with Crippen molar-refractivity contribution < 1.29 is 4.79 Å². The molecule has 0 heterocycles. The Kier molecular flexibility index (Phi) is 3.92. The predicted molar refractivity (Wildman–Crippen MR) is 73.2 cm³/mol. The summed E-state index contributed by atoms with van der Waals surface area (Å²) in [5.41, 5.74) is 8.23. The van der Waals surface area contributed by atoms with Crippen LogP contribution in [0, 0.1) is 0 Å². The molecule has 0 atom stereocenters. The summed E-state index contributed by atoms with van der Waals surface area (Å²) < 4.78 is 0. The molecule has 2 aromatic rings. The molecule has 0 fully saturated rings. The van der Waals surface area contributed by atoms with Crippen LogP contribution in [0.2, 0.25) is 0 Å². The number of hydrogen-bond acceptors (Lipinski definition) is 2. The van der Waals surface area contributed by atoms with Crippen LogP contribution < -0.4 is 5.73 Å². The van der Waals surface area contributed by atoms with E-state index in [1.54, 1.807) is 12.1 Å². The second-order valence-electron chi connectivity index (χ2n) is 4.11. The van der Waals surface area contributed by atoms with E-state index < -0.39 is 0 Å². The van der Waals surface area contributed by atoms with Gasteiger partial charge in [-0.25, -0.2) is 0 Å². The summed E-state index contributed by atoms with van der Waals surface area (Å²) >= 11 is 0. The van der Waals surface area contributed by atoms with E-state index in [-0.39, 0.29) is 5.78 Å². The van der Waals surface area contributed by atoms with Crippen LogP contribution in [0.15, 0.2) is 72.4 Å². The van der Waals surface area contributed by atoms with Crippen molar-refractivity contribution >= 4 is 5.78 Å². The molecule has 2 aromatic carbocycles. The third-order valence-corrected chi connectivity index (χ3v) is 2.63. The number of hydrogen-bond donors (Lipinski definition) is 1. The summed E-state index contributed by atoms with van der Waals surface area (Å²) in [4.78, 5) is 11.9. The molecule has 0 saturated heterocycles. The highest BCUT2D eigenvalue weighted by atomic mass is 16.1. The smallest absolute Gasteiger partial charge is 0.187 e. The van der Waals surface area contributed by atoms with Gasteiger partial charge in [0, 0.05) is 23.8 Å². The minimum atomic E-state index is -0.0518. The summed E-state index contributed by atoms with van der Waals surface area (Å²) in [5.74, 6) is -0.0518. The van der Waals surface area contributed by atoms with Crippen molar-refractivity contribution in [3.63, 3.8) is 0 Å². The molecule has 90 valence electrons. The lowest BCUT2D eigenvalue weighted by atomic mass is 10.1.